The van der Waals surface area contributed by atoms with Gasteiger partial charge in [-0.1, -0.05) is 17.7 Å². The first kappa shape index (κ1) is 12.0. The van der Waals surface area contributed by atoms with Gasteiger partial charge in [0.1, 0.15) is 0 Å². The average Bonchev–Trinajstić information content (AvgIpc) is 2.70. The number of imidazole rings is 1. The van der Waals surface area contributed by atoms with Gasteiger partial charge in [-0.2, -0.15) is 0 Å². The van der Waals surface area contributed by atoms with Gasteiger partial charge in [-0.25, -0.2) is 4.98 Å². The molecule has 4 heteroatoms. The van der Waals surface area contributed by atoms with Gasteiger partial charge in [0.25, 0.3) is 0 Å². The maximum atomic E-state index is 6.18. The first-order valence-electron chi connectivity index (χ1n) is 5.64. The van der Waals surface area contributed by atoms with Gasteiger partial charge in [0, 0.05) is 18.4 Å². The minimum Gasteiger partial charge on any atom is -0.324 e. The quantitative estimate of drug-likeness (QED) is 0.885. The minimum atomic E-state index is 0.365. The lowest BCUT2D eigenvalue weighted by atomic mass is 10.2. The molecule has 0 aliphatic rings. The number of halogens is 1. The number of hydrogen-bond donors (Lipinski definition) is 1. The summed E-state index contributed by atoms with van der Waals surface area (Å²) < 4.78 is 2.07. The van der Waals surface area contributed by atoms with Crippen molar-refractivity contribution < 1.29 is 0 Å². The number of nitrogens with one attached hydrogen (secondary N) is 1. The molecule has 17 heavy (non-hydrogen) atoms. The summed E-state index contributed by atoms with van der Waals surface area (Å²) in [5.41, 5.74) is 2.03. The molecule has 0 amide bonds. The van der Waals surface area contributed by atoms with Crippen LogP contribution in [-0.4, -0.2) is 9.55 Å². The van der Waals surface area contributed by atoms with Crippen LogP contribution >= 0.6 is 11.6 Å². The number of anilines is 2. The van der Waals surface area contributed by atoms with E-state index in [1.807, 2.05) is 31.3 Å². The fraction of sp³-hybridized carbons (Fsp3) is 0.308. The lowest BCUT2D eigenvalue weighted by molar-refractivity contribution is 0.608. The summed E-state index contributed by atoms with van der Waals surface area (Å²) >= 11 is 6.18. The monoisotopic (exact) mass is 249 g/mol. The fourth-order valence-electron chi connectivity index (χ4n) is 1.67. The summed E-state index contributed by atoms with van der Waals surface area (Å²) in [6.45, 7) is 6.25. The Balaban J connectivity index is 2.28. The molecule has 0 saturated heterocycles. The molecule has 1 N–H and O–H groups in total. The van der Waals surface area contributed by atoms with E-state index in [1.165, 1.54) is 0 Å². The molecular weight excluding hydrogens is 234 g/mol. The third-order valence-electron chi connectivity index (χ3n) is 2.60. The number of aryl methyl sites for hydroxylation is 1. The van der Waals surface area contributed by atoms with Crippen LogP contribution in [0, 0.1) is 6.92 Å². The molecule has 2 aromatic rings. The lowest BCUT2D eigenvalue weighted by Crippen LogP contribution is -2.05. The third kappa shape index (κ3) is 2.61. The highest BCUT2D eigenvalue weighted by Crippen LogP contribution is 2.26. The molecule has 0 spiro atoms. The number of hydrogen-bond acceptors (Lipinski definition) is 2. The largest absolute Gasteiger partial charge is 0.324 e. The predicted molar refractivity (Wildman–Crippen MR) is 72.1 cm³/mol. The zero-order chi connectivity index (χ0) is 12.4. The zero-order valence-corrected chi connectivity index (χ0v) is 11.0. The molecule has 0 atom stereocenters. The fourth-order valence-corrected chi connectivity index (χ4v) is 1.95. The Bertz CT molecular complexity index is 517. The van der Waals surface area contributed by atoms with Crippen molar-refractivity contribution in [1.82, 2.24) is 9.55 Å². The average molecular weight is 250 g/mol. The first-order chi connectivity index (χ1) is 8.08. The summed E-state index contributed by atoms with van der Waals surface area (Å²) in [6, 6.07) is 6.30. The highest BCUT2D eigenvalue weighted by Gasteiger charge is 2.07. The van der Waals surface area contributed by atoms with Crippen molar-refractivity contribution in [3.05, 3.63) is 41.2 Å². The van der Waals surface area contributed by atoms with Crippen molar-refractivity contribution in [3.63, 3.8) is 0 Å². The van der Waals surface area contributed by atoms with Gasteiger partial charge in [0.2, 0.25) is 5.95 Å². The van der Waals surface area contributed by atoms with Gasteiger partial charge in [0.15, 0.2) is 0 Å². The molecule has 0 bridgehead atoms. The molecule has 0 aliphatic carbocycles. The summed E-state index contributed by atoms with van der Waals surface area (Å²) in [7, 11) is 0. The smallest absolute Gasteiger partial charge is 0.207 e. The predicted octanol–water partition coefficient (Wildman–Crippen LogP) is 4.17. The number of aromatic nitrogens is 2. The van der Waals surface area contributed by atoms with Gasteiger partial charge in [-0.3, -0.25) is 0 Å². The molecule has 90 valence electrons. The Morgan fingerprint density at radius 1 is 1.35 bits per heavy atom. The topological polar surface area (TPSA) is 29.9 Å². The Hall–Kier alpha value is -1.48. The molecule has 0 unspecified atom stereocenters. The molecule has 2 rings (SSSR count). The van der Waals surface area contributed by atoms with Crippen molar-refractivity contribution in [2.45, 2.75) is 26.8 Å². The Morgan fingerprint density at radius 2 is 2.12 bits per heavy atom. The second kappa shape index (κ2) is 4.80. The van der Waals surface area contributed by atoms with Crippen molar-refractivity contribution >= 4 is 23.2 Å². The Kier molecular flexibility index (Phi) is 3.38. The van der Waals surface area contributed by atoms with Gasteiger partial charge in [-0.05, 0) is 38.5 Å². The molecule has 1 aromatic carbocycles. The van der Waals surface area contributed by atoms with Crippen LogP contribution in [0.15, 0.2) is 30.6 Å². The SMILES string of the molecule is Cc1ccc(Nc2nccn2C(C)C)c(Cl)c1. The normalized spacial score (nSPS) is 10.9. The van der Waals surface area contributed by atoms with E-state index >= 15 is 0 Å². The zero-order valence-electron chi connectivity index (χ0n) is 10.2. The van der Waals surface area contributed by atoms with E-state index in [4.69, 9.17) is 11.6 Å². The summed E-state index contributed by atoms with van der Waals surface area (Å²) in [5.74, 6) is 0.811. The van der Waals surface area contributed by atoms with E-state index in [-0.39, 0.29) is 0 Å². The van der Waals surface area contributed by atoms with E-state index in [2.05, 4.69) is 28.7 Å². The van der Waals surface area contributed by atoms with Crippen LogP contribution in [0.2, 0.25) is 5.02 Å². The summed E-state index contributed by atoms with van der Waals surface area (Å²) in [5, 5.41) is 3.96. The maximum Gasteiger partial charge on any atom is 0.207 e. The highest BCUT2D eigenvalue weighted by molar-refractivity contribution is 6.33. The van der Waals surface area contributed by atoms with Crippen LogP contribution in [0.25, 0.3) is 0 Å². The van der Waals surface area contributed by atoms with Crippen LogP contribution in [-0.2, 0) is 0 Å². The van der Waals surface area contributed by atoms with E-state index in [0.717, 1.165) is 17.2 Å². The van der Waals surface area contributed by atoms with E-state index in [9.17, 15) is 0 Å². The van der Waals surface area contributed by atoms with Crippen LogP contribution in [0.3, 0.4) is 0 Å². The van der Waals surface area contributed by atoms with Gasteiger partial charge in [-0.15, -0.1) is 0 Å². The Labute approximate surface area is 106 Å². The van der Waals surface area contributed by atoms with Crippen molar-refractivity contribution in [2.75, 3.05) is 5.32 Å². The standard InChI is InChI=1S/C13H16ClN3/c1-9(2)17-7-6-15-13(17)16-12-5-4-10(3)8-11(12)14/h4-9H,1-3H3,(H,15,16). The van der Waals surface area contributed by atoms with Gasteiger partial charge >= 0.3 is 0 Å². The van der Waals surface area contributed by atoms with Crippen molar-refractivity contribution in [3.8, 4) is 0 Å². The molecule has 0 aliphatic heterocycles. The van der Waals surface area contributed by atoms with Crippen LogP contribution < -0.4 is 5.32 Å². The van der Waals surface area contributed by atoms with Crippen molar-refractivity contribution in [2.24, 2.45) is 0 Å². The van der Waals surface area contributed by atoms with E-state index < -0.39 is 0 Å². The third-order valence-corrected chi connectivity index (χ3v) is 2.91. The van der Waals surface area contributed by atoms with Crippen LogP contribution in [0.5, 0.6) is 0 Å². The molecule has 1 aromatic heterocycles. The van der Waals surface area contributed by atoms with Gasteiger partial charge < -0.3 is 9.88 Å². The maximum absolute atomic E-state index is 6.18. The highest BCUT2D eigenvalue weighted by atomic mass is 35.5. The van der Waals surface area contributed by atoms with Crippen molar-refractivity contribution in [1.29, 1.82) is 0 Å². The number of nitrogens with zero attached hydrogens (tertiary/aromatic N) is 2. The van der Waals surface area contributed by atoms with Crippen LogP contribution in [0.4, 0.5) is 11.6 Å². The summed E-state index contributed by atoms with van der Waals surface area (Å²) in [4.78, 5) is 4.29. The molecular formula is C13H16ClN3. The lowest BCUT2D eigenvalue weighted by Gasteiger charge is -2.13. The molecule has 1 heterocycles. The van der Waals surface area contributed by atoms with E-state index in [1.54, 1.807) is 6.20 Å². The minimum absolute atomic E-state index is 0.365. The molecule has 0 saturated carbocycles. The second-order valence-electron chi connectivity index (χ2n) is 4.36. The number of benzene rings is 1. The summed E-state index contributed by atoms with van der Waals surface area (Å²) in [6.07, 6.45) is 3.74. The van der Waals surface area contributed by atoms with Crippen LogP contribution in [0.1, 0.15) is 25.5 Å². The van der Waals surface area contributed by atoms with E-state index in [0.29, 0.717) is 11.1 Å². The molecule has 0 fully saturated rings. The molecule has 3 nitrogen and oxygen atoms in total. The molecule has 0 radical (unpaired) electrons. The first-order valence-corrected chi connectivity index (χ1v) is 6.01. The van der Waals surface area contributed by atoms with Gasteiger partial charge in [0.05, 0.1) is 10.7 Å². The second-order valence-corrected chi connectivity index (χ2v) is 4.77. The number of rotatable bonds is 3. The Morgan fingerprint density at radius 3 is 2.76 bits per heavy atom.